The van der Waals surface area contributed by atoms with Crippen molar-refractivity contribution in [1.82, 2.24) is 5.32 Å². The number of carbonyl (C=O) groups is 2. The van der Waals surface area contributed by atoms with Crippen molar-refractivity contribution in [3.05, 3.63) is 65.5 Å². The van der Waals surface area contributed by atoms with E-state index >= 15 is 0 Å². The second-order valence-corrected chi connectivity index (χ2v) is 6.01. The maximum absolute atomic E-state index is 13.6. The van der Waals surface area contributed by atoms with Crippen LogP contribution < -0.4 is 10.6 Å². The van der Waals surface area contributed by atoms with E-state index in [1.54, 1.807) is 42.5 Å². The lowest BCUT2D eigenvalue weighted by Crippen LogP contribution is -2.45. The summed E-state index contributed by atoms with van der Waals surface area (Å²) in [5, 5.41) is 14.2. The first-order chi connectivity index (χ1) is 11.9. The Labute approximate surface area is 145 Å². The largest absolute Gasteiger partial charge is 0.351 e. The summed E-state index contributed by atoms with van der Waals surface area (Å²) in [6, 6.07) is 14.6. The van der Waals surface area contributed by atoms with Gasteiger partial charge >= 0.3 is 0 Å². The van der Waals surface area contributed by atoms with E-state index < -0.39 is 23.0 Å². The highest BCUT2D eigenvalue weighted by Crippen LogP contribution is 2.21. The zero-order chi connectivity index (χ0) is 18.4. The lowest BCUT2D eigenvalue weighted by Gasteiger charge is -2.23. The number of nitrogens with one attached hydrogen (secondary N) is 2. The molecule has 0 bridgehead atoms. The van der Waals surface area contributed by atoms with Crippen LogP contribution in [0.3, 0.4) is 0 Å². The normalized spacial score (nSPS) is 10.6. The molecule has 0 radical (unpaired) electrons. The molecule has 2 aromatic rings. The minimum Gasteiger partial charge on any atom is -0.351 e. The zero-order valence-corrected chi connectivity index (χ0v) is 14.0. The second-order valence-electron chi connectivity index (χ2n) is 6.01. The van der Waals surface area contributed by atoms with Gasteiger partial charge in [-0.1, -0.05) is 30.3 Å². The number of halogens is 1. The van der Waals surface area contributed by atoms with Crippen molar-refractivity contribution in [2.24, 2.45) is 5.41 Å². The summed E-state index contributed by atoms with van der Waals surface area (Å²) >= 11 is 0. The van der Waals surface area contributed by atoms with E-state index in [0.717, 1.165) is 0 Å². The molecule has 0 saturated carbocycles. The number of carbonyl (C=O) groups excluding carboxylic acids is 2. The minimum absolute atomic E-state index is 0.0169. The van der Waals surface area contributed by atoms with Crippen LogP contribution in [0, 0.1) is 22.6 Å². The highest BCUT2D eigenvalue weighted by atomic mass is 19.1. The molecule has 2 aromatic carbocycles. The van der Waals surface area contributed by atoms with Crippen LogP contribution in [0.5, 0.6) is 0 Å². The number of amides is 2. The van der Waals surface area contributed by atoms with Crippen LogP contribution in [0.25, 0.3) is 0 Å². The van der Waals surface area contributed by atoms with Crippen LogP contribution in [0.15, 0.2) is 48.5 Å². The lowest BCUT2D eigenvalue weighted by atomic mass is 9.90. The molecule has 5 nitrogen and oxygen atoms in total. The molecular formula is C19H18FN3O2. The standard InChI is InChI=1S/C19H18FN3O2/c1-19(2,17(24)22-12-14-8-3-5-9-15(14)20)18(25)23-16-10-6-4-7-13(16)11-21/h3-10H,12H2,1-2H3,(H,22,24)(H,23,25). The monoisotopic (exact) mass is 339 g/mol. The molecular weight excluding hydrogens is 321 g/mol. The summed E-state index contributed by atoms with van der Waals surface area (Å²) in [5.74, 6) is -1.52. The maximum Gasteiger partial charge on any atom is 0.239 e. The van der Waals surface area contributed by atoms with Crippen LogP contribution in [0.1, 0.15) is 25.0 Å². The van der Waals surface area contributed by atoms with E-state index in [-0.39, 0.29) is 6.54 Å². The average Bonchev–Trinajstić information content (AvgIpc) is 2.61. The molecule has 0 aliphatic carbocycles. The molecule has 6 heteroatoms. The Balaban J connectivity index is 2.06. The van der Waals surface area contributed by atoms with Gasteiger partial charge in [-0.15, -0.1) is 0 Å². The molecule has 0 atom stereocenters. The SMILES string of the molecule is CC(C)(C(=O)NCc1ccccc1F)C(=O)Nc1ccccc1C#N. The van der Waals surface area contributed by atoms with Crippen molar-refractivity contribution in [3.8, 4) is 6.07 Å². The van der Waals surface area contributed by atoms with Gasteiger partial charge in [0.05, 0.1) is 11.3 Å². The van der Waals surface area contributed by atoms with Gasteiger partial charge in [-0.25, -0.2) is 4.39 Å². The van der Waals surface area contributed by atoms with Crippen LogP contribution in [0.4, 0.5) is 10.1 Å². The number of hydrogen-bond acceptors (Lipinski definition) is 3. The fourth-order valence-corrected chi connectivity index (χ4v) is 2.11. The fourth-order valence-electron chi connectivity index (χ4n) is 2.11. The fraction of sp³-hybridized carbons (Fsp3) is 0.211. The van der Waals surface area contributed by atoms with Gasteiger partial charge in [0.2, 0.25) is 11.8 Å². The molecule has 0 heterocycles. The van der Waals surface area contributed by atoms with Crippen molar-refractivity contribution < 1.29 is 14.0 Å². The van der Waals surface area contributed by atoms with Crippen LogP contribution in [0.2, 0.25) is 0 Å². The number of nitrogens with zero attached hydrogens (tertiary/aromatic N) is 1. The molecule has 2 rings (SSSR count). The maximum atomic E-state index is 13.6. The molecule has 0 aliphatic heterocycles. The Hall–Kier alpha value is -3.20. The van der Waals surface area contributed by atoms with Crippen molar-refractivity contribution >= 4 is 17.5 Å². The first-order valence-corrected chi connectivity index (χ1v) is 7.68. The van der Waals surface area contributed by atoms with Gasteiger partial charge in [0, 0.05) is 12.1 Å². The number of para-hydroxylation sites is 1. The molecule has 0 aromatic heterocycles. The molecule has 2 N–H and O–H groups in total. The van der Waals surface area contributed by atoms with Crippen LogP contribution >= 0.6 is 0 Å². The molecule has 2 amide bonds. The quantitative estimate of drug-likeness (QED) is 0.822. The predicted octanol–water partition coefficient (Wildman–Crippen LogP) is 2.98. The number of hydrogen-bond donors (Lipinski definition) is 2. The smallest absolute Gasteiger partial charge is 0.239 e. The Morgan fingerprint density at radius 2 is 1.72 bits per heavy atom. The zero-order valence-electron chi connectivity index (χ0n) is 14.0. The number of benzene rings is 2. The molecule has 0 fully saturated rings. The van der Waals surface area contributed by atoms with E-state index in [4.69, 9.17) is 5.26 Å². The number of anilines is 1. The molecule has 0 unspecified atom stereocenters. The Bertz CT molecular complexity index is 841. The molecule has 0 saturated heterocycles. The van der Waals surface area contributed by atoms with E-state index in [0.29, 0.717) is 16.8 Å². The Morgan fingerprint density at radius 3 is 2.40 bits per heavy atom. The highest BCUT2D eigenvalue weighted by molar-refractivity contribution is 6.10. The van der Waals surface area contributed by atoms with Gasteiger partial charge in [-0.3, -0.25) is 9.59 Å². The van der Waals surface area contributed by atoms with Gasteiger partial charge in [0.15, 0.2) is 0 Å². The Kier molecular flexibility index (Phi) is 5.50. The van der Waals surface area contributed by atoms with Gasteiger partial charge in [-0.2, -0.15) is 5.26 Å². The first-order valence-electron chi connectivity index (χ1n) is 7.68. The first kappa shape index (κ1) is 18.1. The summed E-state index contributed by atoms with van der Waals surface area (Å²) in [6.07, 6.45) is 0. The van der Waals surface area contributed by atoms with Crippen LogP contribution in [-0.2, 0) is 16.1 Å². The van der Waals surface area contributed by atoms with E-state index in [2.05, 4.69) is 10.6 Å². The molecule has 25 heavy (non-hydrogen) atoms. The second kappa shape index (κ2) is 7.58. The summed E-state index contributed by atoms with van der Waals surface area (Å²) in [7, 11) is 0. The van der Waals surface area contributed by atoms with Gasteiger partial charge in [0.1, 0.15) is 17.3 Å². The Morgan fingerprint density at radius 1 is 1.08 bits per heavy atom. The predicted molar refractivity (Wildman–Crippen MR) is 91.8 cm³/mol. The van der Waals surface area contributed by atoms with Crippen molar-refractivity contribution in [2.75, 3.05) is 5.32 Å². The third-order valence-corrected chi connectivity index (χ3v) is 3.83. The summed E-state index contributed by atoms with van der Waals surface area (Å²) in [5.41, 5.74) is -0.418. The molecule has 0 aliphatic rings. The summed E-state index contributed by atoms with van der Waals surface area (Å²) < 4.78 is 13.6. The molecule has 0 spiro atoms. The third kappa shape index (κ3) is 4.21. The van der Waals surface area contributed by atoms with Gasteiger partial charge < -0.3 is 10.6 Å². The number of rotatable bonds is 5. The van der Waals surface area contributed by atoms with E-state index in [9.17, 15) is 14.0 Å². The minimum atomic E-state index is -1.40. The van der Waals surface area contributed by atoms with E-state index in [1.165, 1.54) is 19.9 Å². The topological polar surface area (TPSA) is 82.0 Å². The average molecular weight is 339 g/mol. The van der Waals surface area contributed by atoms with Crippen LogP contribution in [-0.4, -0.2) is 11.8 Å². The molecule has 128 valence electrons. The summed E-state index contributed by atoms with van der Waals surface area (Å²) in [6.45, 7) is 2.92. The highest BCUT2D eigenvalue weighted by Gasteiger charge is 2.36. The van der Waals surface area contributed by atoms with Gasteiger partial charge in [-0.05, 0) is 32.0 Å². The van der Waals surface area contributed by atoms with E-state index in [1.807, 2.05) is 6.07 Å². The lowest BCUT2D eigenvalue weighted by molar-refractivity contribution is -0.138. The van der Waals surface area contributed by atoms with Gasteiger partial charge in [0.25, 0.3) is 0 Å². The number of nitriles is 1. The van der Waals surface area contributed by atoms with Crippen molar-refractivity contribution in [2.45, 2.75) is 20.4 Å². The van der Waals surface area contributed by atoms with Crippen molar-refractivity contribution in [1.29, 1.82) is 5.26 Å². The van der Waals surface area contributed by atoms with Crippen molar-refractivity contribution in [3.63, 3.8) is 0 Å². The third-order valence-electron chi connectivity index (χ3n) is 3.83. The summed E-state index contributed by atoms with van der Waals surface area (Å²) in [4.78, 5) is 24.8.